The number of amides is 2. The Hall–Kier alpha value is -4.86. The molecule has 1 aliphatic rings. The molecule has 1 heterocycles. The molecule has 0 saturated carbocycles. The Labute approximate surface area is 207 Å². The van der Waals surface area contributed by atoms with Crippen LogP contribution in [0.4, 0.5) is 16.2 Å². The van der Waals surface area contributed by atoms with Gasteiger partial charge in [-0.15, -0.1) is 0 Å². The molecule has 1 unspecified atom stereocenters. The van der Waals surface area contributed by atoms with Crippen molar-refractivity contribution < 1.29 is 29.0 Å². The van der Waals surface area contributed by atoms with Gasteiger partial charge in [0.25, 0.3) is 5.91 Å². The van der Waals surface area contributed by atoms with Gasteiger partial charge in [-0.1, -0.05) is 36.4 Å². The van der Waals surface area contributed by atoms with Gasteiger partial charge in [-0.05, 0) is 42.5 Å². The topological polar surface area (TPSA) is 146 Å². The molecular formula is C26H24N4O6. The molecule has 1 atom stereocenters. The lowest BCUT2D eigenvalue weighted by Crippen LogP contribution is -2.35. The number of benzene rings is 3. The second-order valence-electron chi connectivity index (χ2n) is 8.04. The number of carboxylic acids is 1. The number of nitrogens with zero attached hydrogens (tertiary/aromatic N) is 2. The van der Waals surface area contributed by atoms with Crippen molar-refractivity contribution >= 4 is 35.2 Å². The van der Waals surface area contributed by atoms with Crippen LogP contribution in [0.2, 0.25) is 0 Å². The molecule has 1 fully saturated rings. The minimum absolute atomic E-state index is 0.0454. The Morgan fingerprint density at radius 2 is 1.78 bits per heavy atom. The Bertz CT molecular complexity index is 1300. The van der Waals surface area contributed by atoms with Crippen molar-refractivity contribution in [3.63, 3.8) is 0 Å². The first kappa shape index (κ1) is 24.3. The quantitative estimate of drug-likeness (QED) is 0.310. The largest absolute Gasteiger partial charge is 0.490 e. The maximum Gasteiger partial charge on any atom is 0.414 e. The van der Waals surface area contributed by atoms with E-state index in [1.54, 1.807) is 72.8 Å². The number of cyclic esters (lactones) is 1. The Morgan fingerprint density at radius 3 is 2.50 bits per heavy atom. The third kappa shape index (κ3) is 5.61. The first-order chi connectivity index (χ1) is 17.3. The number of ether oxygens (including phenoxy) is 2. The summed E-state index contributed by atoms with van der Waals surface area (Å²) < 4.78 is 11.2. The fourth-order valence-corrected chi connectivity index (χ4v) is 3.75. The summed E-state index contributed by atoms with van der Waals surface area (Å²) in [6, 6.07) is 21.7. The molecule has 0 aliphatic carbocycles. The molecule has 10 heteroatoms. The second kappa shape index (κ2) is 10.6. The minimum Gasteiger partial charge on any atom is -0.490 e. The summed E-state index contributed by atoms with van der Waals surface area (Å²) in [6.45, 7) is -0.213. The first-order valence-electron chi connectivity index (χ1n) is 11.1. The molecule has 1 saturated heterocycles. The zero-order valence-electron chi connectivity index (χ0n) is 19.2. The third-order valence-electron chi connectivity index (χ3n) is 5.47. The van der Waals surface area contributed by atoms with Crippen molar-refractivity contribution in [2.45, 2.75) is 6.10 Å². The zero-order chi connectivity index (χ0) is 25.7. The van der Waals surface area contributed by atoms with Crippen molar-refractivity contribution in [2.24, 2.45) is 5.73 Å². The Kier molecular flexibility index (Phi) is 7.15. The number of nitrogens with two attached hydrogens (primary N) is 1. The molecule has 3 aromatic carbocycles. The summed E-state index contributed by atoms with van der Waals surface area (Å²) in [5, 5.41) is 16.9. The minimum atomic E-state index is -1.14. The van der Waals surface area contributed by atoms with Crippen molar-refractivity contribution in [1.29, 1.82) is 5.41 Å². The van der Waals surface area contributed by atoms with E-state index in [9.17, 15) is 19.5 Å². The molecule has 0 spiro atoms. The molecule has 1 aliphatic heterocycles. The lowest BCUT2D eigenvalue weighted by Gasteiger charge is -2.21. The molecule has 0 radical (unpaired) electrons. The molecule has 4 rings (SSSR count). The predicted octanol–water partition coefficient (Wildman–Crippen LogP) is 3.11. The SMILES string of the molecule is N=C(N)c1cccc(N2CC(COc3cccc(C(=O)N(CC(=O)O)c4ccccc4)c3)OC2=O)c1. The number of carbonyl (C=O) groups excluding carboxylic acids is 2. The molecule has 36 heavy (non-hydrogen) atoms. The maximum atomic E-state index is 13.1. The van der Waals surface area contributed by atoms with Crippen LogP contribution < -0.4 is 20.3 Å². The van der Waals surface area contributed by atoms with E-state index in [0.29, 0.717) is 22.7 Å². The van der Waals surface area contributed by atoms with Crippen LogP contribution in [0, 0.1) is 5.41 Å². The number of nitrogens with one attached hydrogen (secondary N) is 1. The zero-order valence-corrected chi connectivity index (χ0v) is 19.2. The monoisotopic (exact) mass is 488 g/mol. The van der Waals surface area contributed by atoms with Gasteiger partial charge in [-0.2, -0.15) is 0 Å². The molecular weight excluding hydrogens is 464 g/mol. The van der Waals surface area contributed by atoms with E-state index in [1.165, 1.54) is 15.9 Å². The molecule has 3 aromatic rings. The number of rotatable bonds is 9. The molecule has 0 bridgehead atoms. The van der Waals surface area contributed by atoms with E-state index in [2.05, 4.69) is 0 Å². The smallest absolute Gasteiger partial charge is 0.414 e. The molecule has 2 amide bonds. The average molecular weight is 489 g/mol. The third-order valence-corrected chi connectivity index (χ3v) is 5.47. The number of hydrogen-bond acceptors (Lipinski definition) is 6. The van der Waals surface area contributed by atoms with E-state index in [-0.39, 0.29) is 24.6 Å². The first-order valence-corrected chi connectivity index (χ1v) is 11.1. The number of amidine groups is 1. The van der Waals surface area contributed by atoms with Gasteiger partial charge in [0.2, 0.25) is 0 Å². The highest BCUT2D eigenvalue weighted by Gasteiger charge is 2.33. The van der Waals surface area contributed by atoms with Gasteiger partial charge in [0.05, 0.1) is 6.54 Å². The lowest BCUT2D eigenvalue weighted by molar-refractivity contribution is -0.135. The van der Waals surface area contributed by atoms with Gasteiger partial charge in [-0.25, -0.2) is 4.79 Å². The van der Waals surface area contributed by atoms with Crippen LogP contribution >= 0.6 is 0 Å². The number of nitrogen functional groups attached to an aromatic ring is 1. The van der Waals surface area contributed by atoms with Crippen LogP contribution in [0.1, 0.15) is 15.9 Å². The summed E-state index contributed by atoms with van der Waals surface area (Å²) in [5.41, 5.74) is 7.30. The van der Waals surface area contributed by atoms with Crippen LogP contribution in [-0.2, 0) is 9.53 Å². The summed E-state index contributed by atoms with van der Waals surface area (Å²) in [6.07, 6.45) is -1.11. The van der Waals surface area contributed by atoms with Gasteiger partial charge >= 0.3 is 12.1 Å². The summed E-state index contributed by atoms with van der Waals surface area (Å²) in [7, 11) is 0. The van der Waals surface area contributed by atoms with Crippen LogP contribution in [-0.4, -0.2) is 54.7 Å². The van der Waals surface area contributed by atoms with Crippen molar-refractivity contribution in [2.75, 3.05) is 29.5 Å². The van der Waals surface area contributed by atoms with Crippen LogP contribution in [0.15, 0.2) is 78.9 Å². The molecule has 184 valence electrons. The van der Waals surface area contributed by atoms with Gasteiger partial charge in [0.15, 0.2) is 6.10 Å². The second-order valence-corrected chi connectivity index (χ2v) is 8.04. The molecule has 4 N–H and O–H groups in total. The van der Waals surface area contributed by atoms with Gasteiger partial charge in [0, 0.05) is 22.5 Å². The standard InChI is InChI=1S/C26H24N4O6/c27-24(28)17-6-4-10-20(12-17)30-14-22(36-26(30)34)16-35-21-11-5-7-18(13-21)25(33)29(15-23(31)32)19-8-2-1-3-9-19/h1-13,22H,14-16H2,(H3,27,28)(H,31,32). The maximum absolute atomic E-state index is 13.1. The average Bonchev–Trinajstić information content (AvgIpc) is 3.26. The van der Waals surface area contributed by atoms with E-state index in [1.807, 2.05) is 0 Å². The van der Waals surface area contributed by atoms with E-state index in [0.717, 1.165) is 0 Å². The highest BCUT2D eigenvalue weighted by molar-refractivity contribution is 6.08. The molecule has 10 nitrogen and oxygen atoms in total. The number of aliphatic carboxylic acids is 1. The van der Waals surface area contributed by atoms with Crippen molar-refractivity contribution in [3.8, 4) is 5.75 Å². The summed E-state index contributed by atoms with van der Waals surface area (Å²) in [5.74, 6) is -1.36. The fraction of sp³-hybridized carbons (Fsp3) is 0.154. The highest BCUT2D eigenvalue weighted by Crippen LogP contribution is 2.24. The predicted molar refractivity (Wildman–Crippen MR) is 133 cm³/mol. The van der Waals surface area contributed by atoms with E-state index in [4.69, 9.17) is 20.6 Å². The van der Waals surface area contributed by atoms with Crippen molar-refractivity contribution in [3.05, 3.63) is 90.0 Å². The Balaban J connectivity index is 1.43. The van der Waals surface area contributed by atoms with Gasteiger partial charge in [-0.3, -0.25) is 24.8 Å². The summed E-state index contributed by atoms with van der Waals surface area (Å²) in [4.78, 5) is 39.5. The number of hydrogen-bond donors (Lipinski definition) is 3. The number of para-hydroxylation sites is 1. The van der Waals surface area contributed by atoms with E-state index >= 15 is 0 Å². The van der Waals surface area contributed by atoms with Gasteiger partial charge in [0.1, 0.15) is 24.7 Å². The Morgan fingerprint density at radius 1 is 1.06 bits per heavy atom. The van der Waals surface area contributed by atoms with Crippen LogP contribution in [0.25, 0.3) is 0 Å². The van der Waals surface area contributed by atoms with Crippen molar-refractivity contribution in [1.82, 2.24) is 0 Å². The molecule has 0 aromatic heterocycles. The fourth-order valence-electron chi connectivity index (χ4n) is 3.75. The highest BCUT2D eigenvalue weighted by atomic mass is 16.6. The number of carboxylic acid groups (broad SMARTS) is 1. The summed E-state index contributed by atoms with van der Waals surface area (Å²) >= 11 is 0. The normalized spacial score (nSPS) is 14.7. The number of anilines is 2. The van der Waals surface area contributed by atoms with E-state index < -0.39 is 30.6 Å². The van der Waals surface area contributed by atoms with Crippen LogP contribution in [0.5, 0.6) is 5.75 Å². The van der Waals surface area contributed by atoms with Gasteiger partial charge < -0.3 is 20.3 Å². The lowest BCUT2D eigenvalue weighted by atomic mass is 10.1. The number of carbonyl (C=O) groups is 3. The van der Waals surface area contributed by atoms with Crippen LogP contribution in [0.3, 0.4) is 0 Å².